The lowest BCUT2D eigenvalue weighted by molar-refractivity contribution is -0.132. The summed E-state index contributed by atoms with van der Waals surface area (Å²) in [5.74, 6) is -1.68. The van der Waals surface area contributed by atoms with Crippen molar-refractivity contribution in [2.24, 2.45) is 0 Å². The van der Waals surface area contributed by atoms with E-state index in [-0.39, 0.29) is 22.1 Å². The molecule has 0 aromatic heterocycles. The summed E-state index contributed by atoms with van der Waals surface area (Å²) < 4.78 is 5.78. The first-order valence-corrected chi connectivity index (χ1v) is 11.2. The Bertz CT molecular complexity index is 1320. The number of hydrogen-bond donors (Lipinski definition) is 2. The van der Waals surface area contributed by atoms with Crippen LogP contribution in [-0.4, -0.2) is 29.0 Å². The molecule has 1 aliphatic heterocycles. The van der Waals surface area contributed by atoms with Crippen molar-refractivity contribution >= 4 is 62.3 Å². The number of ether oxygens (including phenoxy) is 1. The van der Waals surface area contributed by atoms with Gasteiger partial charge >= 0.3 is 0 Å². The van der Waals surface area contributed by atoms with E-state index in [0.717, 1.165) is 0 Å². The smallest absolute Gasteiger partial charge is 0.300 e. The summed E-state index contributed by atoms with van der Waals surface area (Å²) in [5, 5.41) is 21.5. The van der Waals surface area contributed by atoms with Crippen LogP contribution in [0.25, 0.3) is 5.76 Å². The number of rotatable bonds is 4. The van der Waals surface area contributed by atoms with Crippen LogP contribution < -0.4 is 9.64 Å². The van der Waals surface area contributed by atoms with Crippen LogP contribution in [0.4, 0.5) is 5.69 Å². The van der Waals surface area contributed by atoms with E-state index in [1.807, 2.05) is 0 Å². The summed E-state index contributed by atoms with van der Waals surface area (Å²) >= 11 is 15.6. The normalized spacial score (nSPS) is 17.5. The molecule has 0 bridgehead atoms. The van der Waals surface area contributed by atoms with Gasteiger partial charge in [-0.3, -0.25) is 14.5 Å². The number of aliphatic hydroxyl groups is 1. The SMILES string of the molecule is COc1ccc(/C(O)=C2/C(=O)C(=O)N(c3cccc(Cl)c3)C2c2ccc(O)c(Cl)c2)cc1Br. The lowest BCUT2D eigenvalue weighted by Crippen LogP contribution is -2.29. The second-order valence-corrected chi connectivity index (χ2v) is 8.91. The Morgan fingerprint density at radius 3 is 2.45 bits per heavy atom. The fourth-order valence-corrected chi connectivity index (χ4v) is 4.62. The molecule has 1 atom stereocenters. The van der Waals surface area contributed by atoms with Gasteiger partial charge in [0.15, 0.2) is 0 Å². The summed E-state index contributed by atoms with van der Waals surface area (Å²) in [6, 6.07) is 14.6. The van der Waals surface area contributed by atoms with Crippen LogP contribution in [0.2, 0.25) is 10.0 Å². The number of methoxy groups -OCH3 is 1. The minimum atomic E-state index is -1.01. The van der Waals surface area contributed by atoms with E-state index in [4.69, 9.17) is 27.9 Å². The Hall–Kier alpha value is -3.00. The van der Waals surface area contributed by atoms with Crippen LogP contribution >= 0.6 is 39.1 Å². The maximum Gasteiger partial charge on any atom is 0.300 e. The van der Waals surface area contributed by atoms with Gasteiger partial charge in [-0.15, -0.1) is 0 Å². The van der Waals surface area contributed by atoms with Crippen molar-refractivity contribution in [1.29, 1.82) is 0 Å². The van der Waals surface area contributed by atoms with Gasteiger partial charge < -0.3 is 14.9 Å². The third kappa shape index (κ3) is 4.19. The lowest BCUT2D eigenvalue weighted by atomic mass is 9.95. The Morgan fingerprint density at radius 2 is 1.82 bits per heavy atom. The zero-order chi connectivity index (χ0) is 23.9. The van der Waals surface area contributed by atoms with Crippen molar-refractivity contribution in [3.8, 4) is 11.5 Å². The molecule has 33 heavy (non-hydrogen) atoms. The molecule has 1 aliphatic rings. The predicted octanol–water partition coefficient (Wildman–Crippen LogP) is 6.10. The van der Waals surface area contributed by atoms with Crippen molar-refractivity contribution in [2.45, 2.75) is 6.04 Å². The maximum atomic E-state index is 13.2. The number of phenolic OH excluding ortho intramolecular Hbond substituents is 1. The molecular formula is C24H16BrCl2NO5. The molecule has 9 heteroatoms. The Kier molecular flexibility index (Phi) is 6.38. The topological polar surface area (TPSA) is 87.1 Å². The Balaban J connectivity index is 1.96. The van der Waals surface area contributed by atoms with E-state index in [1.54, 1.807) is 42.5 Å². The minimum absolute atomic E-state index is 0.0383. The fraction of sp³-hybridized carbons (Fsp3) is 0.0833. The molecule has 1 fully saturated rings. The van der Waals surface area contributed by atoms with Gasteiger partial charge in [-0.05, 0) is 70.0 Å². The number of nitrogens with zero attached hydrogens (tertiary/aromatic N) is 1. The summed E-state index contributed by atoms with van der Waals surface area (Å²) in [7, 11) is 1.50. The van der Waals surface area contributed by atoms with Gasteiger partial charge in [-0.1, -0.05) is 35.3 Å². The largest absolute Gasteiger partial charge is 0.507 e. The molecule has 3 aromatic rings. The Morgan fingerprint density at radius 1 is 1.06 bits per heavy atom. The molecule has 0 spiro atoms. The molecule has 3 aromatic carbocycles. The quantitative estimate of drug-likeness (QED) is 0.234. The minimum Gasteiger partial charge on any atom is -0.507 e. The van der Waals surface area contributed by atoms with Gasteiger partial charge in [-0.2, -0.15) is 0 Å². The van der Waals surface area contributed by atoms with Crippen LogP contribution in [0.3, 0.4) is 0 Å². The van der Waals surface area contributed by atoms with Crippen LogP contribution in [0.5, 0.6) is 11.5 Å². The van der Waals surface area contributed by atoms with Crippen LogP contribution in [0.1, 0.15) is 17.2 Å². The second kappa shape index (κ2) is 9.09. The number of aliphatic hydroxyl groups excluding tert-OH is 1. The number of ketones is 1. The molecule has 0 aliphatic carbocycles. The molecule has 6 nitrogen and oxygen atoms in total. The standard InChI is InChI=1S/C24H16BrCl2NO5/c1-33-19-8-6-13(9-16(19)25)22(30)20-21(12-5-7-18(29)17(27)10-12)28(24(32)23(20)31)15-4-2-3-14(26)11-15/h2-11,21,29-30H,1H3/b22-20-. The number of aromatic hydroxyl groups is 1. The molecule has 4 rings (SSSR count). The van der Waals surface area contributed by atoms with Crippen molar-refractivity contribution in [3.63, 3.8) is 0 Å². The molecule has 1 amide bonds. The van der Waals surface area contributed by atoms with Crippen LogP contribution in [0, 0.1) is 0 Å². The third-order valence-corrected chi connectivity index (χ3v) is 6.40. The van der Waals surface area contributed by atoms with Crippen molar-refractivity contribution in [3.05, 3.63) is 91.9 Å². The van der Waals surface area contributed by atoms with Crippen molar-refractivity contribution in [1.82, 2.24) is 0 Å². The first kappa shape index (κ1) is 23.2. The molecule has 0 radical (unpaired) electrons. The molecule has 1 heterocycles. The molecular weight excluding hydrogens is 533 g/mol. The number of anilines is 1. The zero-order valence-corrected chi connectivity index (χ0v) is 20.1. The van der Waals surface area contributed by atoms with E-state index < -0.39 is 17.7 Å². The Labute approximate surface area is 207 Å². The van der Waals surface area contributed by atoms with Crippen LogP contribution in [0.15, 0.2) is 70.7 Å². The number of carbonyl (C=O) groups excluding carboxylic acids is 2. The maximum absolute atomic E-state index is 13.2. The first-order chi connectivity index (χ1) is 15.7. The highest BCUT2D eigenvalue weighted by molar-refractivity contribution is 9.10. The van der Waals surface area contributed by atoms with E-state index in [9.17, 15) is 19.8 Å². The lowest BCUT2D eigenvalue weighted by Gasteiger charge is -2.26. The number of hydrogen-bond acceptors (Lipinski definition) is 5. The van der Waals surface area contributed by atoms with Gasteiger partial charge in [0, 0.05) is 16.3 Å². The summed E-state index contributed by atoms with van der Waals surface area (Å²) in [6.45, 7) is 0. The number of amides is 1. The zero-order valence-electron chi connectivity index (χ0n) is 17.1. The molecule has 2 N–H and O–H groups in total. The number of phenols is 1. The van der Waals surface area contributed by atoms with E-state index >= 15 is 0 Å². The monoisotopic (exact) mass is 547 g/mol. The first-order valence-electron chi connectivity index (χ1n) is 9.61. The average molecular weight is 549 g/mol. The van der Waals surface area contributed by atoms with Gasteiger partial charge in [0.05, 0.1) is 28.2 Å². The summed E-state index contributed by atoms with van der Waals surface area (Å²) in [6.07, 6.45) is 0. The average Bonchev–Trinajstić information content (AvgIpc) is 3.05. The fourth-order valence-electron chi connectivity index (χ4n) is 3.70. The number of Topliss-reactive ketones (excluding diaryl/α,β-unsaturated/α-hetero) is 1. The van der Waals surface area contributed by atoms with Gasteiger partial charge in [0.1, 0.15) is 17.3 Å². The van der Waals surface area contributed by atoms with E-state index in [1.165, 1.54) is 30.2 Å². The summed E-state index contributed by atoms with van der Waals surface area (Å²) in [4.78, 5) is 27.6. The number of halogens is 3. The molecule has 1 saturated heterocycles. The molecule has 0 saturated carbocycles. The van der Waals surface area contributed by atoms with Crippen molar-refractivity contribution < 1.29 is 24.5 Å². The van der Waals surface area contributed by atoms with E-state index in [0.29, 0.717) is 32.1 Å². The number of carbonyl (C=O) groups is 2. The van der Waals surface area contributed by atoms with Crippen molar-refractivity contribution in [2.75, 3.05) is 12.0 Å². The second-order valence-electron chi connectivity index (χ2n) is 7.21. The third-order valence-electron chi connectivity index (χ3n) is 5.24. The summed E-state index contributed by atoms with van der Waals surface area (Å²) in [5.41, 5.74) is 0.973. The van der Waals surface area contributed by atoms with E-state index in [2.05, 4.69) is 15.9 Å². The van der Waals surface area contributed by atoms with Gasteiger partial charge in [0.25, 0.3) is 11.7 Å². The number of benzene rings is 3. The highest BCUT2D eigenvalue weighted by Gasteiger charge is 2.47. The highest BCUT2D eigenvalue weighted by Crippen LogP contribution is 2.44. The van der Waals surface area contributed by atoms with Gasteiger partial charge in [-0.25, -0.2) is 0 Å². The van der Waals surface area contributed by atoms with Gasteiger partial charge in [0.2, 0.25) is 0 Å². The predicted molar refractivity (Wildman–Crippen MR) is 130 cm³/mol. The highest BCUT2D eigenvalue weighted by atomic mass is 79.9. The molecule has 1 unspecified atom stereocenters. The molecule has 168 valence electrons. The van der Waals surface area contributed by atoms with Crippen LogP contribution in [-0.2, 0) is 9.59 Å².